The van der Waals surface area contributed by atoms with Gasteiger partial charge in [0.15, 0.2) is 0 Å². The summed E-state index contributed by atoms with van der Waals surface area (Å²) in [7, 11) is 0. The van der Waals surface area contributed by atoms with E-state index in [-0.39, 0.29) is 6.04 Å². The van der Waals surface area contributed by atoms with Gasteiger partial charge < -0.3 is 15.0 Å². The largest absolute Gasteiger partial charge is 0.378 e. The van der Waals surface area contributed by atoms with Crippen molar-refractivity contribution >= 4 is 5.91 Å². The van der Waals surface area contributed by atoms with Gasteiger partial charge in [0.25, 0.3) is 0 Å². The van der Waals surface area contributed by atoms with Gasteiger partial charge in [0, 0.05) is 19.1 Å². The number of rotatable bonds is 4. The van der Waals surface area contributed by atoms with Gasteiger partial charge in [-0.3, -0.25) is 4.79 Å². The Morgan fingerprint density at radius 3 is 2.37 bits per heavy atom. The highest BCUT2D eigenvalue weighted by Gasteiger charge is 2.33. The molecule has 0 aromatic rings. The van der Waals surface area contributed by atoms with E-state index in [1.165, 1.54) is 32.1 Å². The normalized spacial score (nSPS) is 23.6. The Morgan fingerprint density at radius 1 is 1.16 bits per heavy atom. The SMILES string of the molecule is CC(C)N[C@H](C(=O)N1CCOCC1)C1CCCCC1. The summed E-state index contributed by atoms with van der Waals surface area (Å²) in [5, 5.41) is 3.51. The molecule has 0 aromatic carbocycles. The van der Waals surface area contributed by atoms with Crippen LogP contribution in [0.4, 0.5) is 0 Å². The topological polar surface area (TPSA) is 41.6 Å². The van der Waals surface area contributed by atoms with Gasteiger partial charge in [0.05, 0.1) is 19.3 Å². The number of ether oxygens (including phenoxy) is 1. The zero-order valence-corrected chi connectivity index (χ0v) is 12.4. The number of carbonyl (C=O) groups is 1. The molecule has 1 amide bonds. The van der Waals surface area contributed by atoms with Gasteiger partial charge in [-0.25, -0.2) is 0 Å². The molecule has 1 aliphatic heterocycles. The Labute approximate surface area is 116 Å². The Hall–Kier alpha value is -0.610. The van der Waals surface area contributed by atoms with Crippen molar-refractivity contribution in [3.05, 3.63) is 0 Å². The van der Waals surface area contributed by atoms with E-state index in [4.69, 9.17) is 4.74 Å². The molecule has 0 radical (unpaired) electrons. The number of morpholine rings is 1. The Balaban J connectivity index is 2.00. The minimum Gasteiger partial charge on any atom is -0.378 e. The second-order valence-corrected chi connectivity index (χ2v) is 6.13. The summed E-state index contributed by atoms with van der Waals surface area (Å²) in [6, 6.07) is 0.371. The zero-order valence-electron chi connectivity index (χ0n) is 12.4. The molecule has 1 saturated heterocycles. The average Bonchev–Trinajstić information content (AvgIpc) is 2.46. The van der Waals surface area contributed by atoms with Crippen LogP contribution in [0.15, 0.2) is 0 Å². The quantitative estimate of drug-likeness (QED) is 0.845. The Bertz CT molecular complexity index is 282. The van der Waals surface area contributed by atoms with E-state index in [0.29, 0.717) is 31.1 Å². The number of carbonyl (C=O) groups excluding carboxylic acids is 1. The van der Waals surface area contributed by atoms with Gasteiger partial charge in [-0.2, -0.15) is 0 Å². The van der Waals surface area contributed by atoms with Gasteiger partial charge in [0.1, 0.15) is 0 Å². The summed E-state index contributed by atoms with van der Waals surface area (Å²) in [4.78, 5) is 14.7. The molecule has 1 aliphatic carbocycles. The lowest BCUT2D eigenvalue weighted by molar-refractivity contribution is -0.139. The second-order valence-electron chi connectivity index (χ2n) is 6.13. The summed E-state index contributed by atoms with van der Waals surface area (Å²) < 4.78 is 5.34. The molecule has 4 nitrogen and oxygen atoms in total. The Morgan fingerprint density at radius 2 is 1.79 bits per heavy atom. The number of nitrogens with zero attached hydrogens (tertiary/aromatic N) is 1. The van der Waals surface area contributed by atoms with E-state index in [1.807, 2.05) is 4.90 Å². The minimum atomic E-state index is 0.0124. The first kappa shape index (κ1) is 14.8. The molecule has 1 saturated carbocycles. The highest BCUT2D eigenvalue weighted by molar-refractivity contribution is 5.82. The number of hydrogen-bond donors (Lipinski definition) is 1. The number of hydrogen-bond acceptors (Lipinski definition) is 3. The van der Waals surface area contributed by atoms with Crippen molar-refractivity contribution in [3.8, 4) is 0 Å². The van der Waals surface area contributed by atoms with Crippen LogP contribution in [-0.2, 0) is 9.53 Å². The average molecular weight is 268 g/mol. The van der Waals surface area contributed by atoms with Crippen molar-refractivity contribution in [2.75, 3.05) is 26.3 Å². The molecular weight excluding hydrogens is 240 g/mol. The molecule has 0 spiro atoms. The summed E-state index contributed by atoms with van der Waals surface area (Å²) in [6.07, 6.45) is 6.27. The third kappa shape index (κ3) is 4.18. The lowest BCUT2D eigenvalue weighted by Gasteiger charge is -2.36. The summed E-state index contributed by atoms with van der Waals surface area (Å²) >= 11 is 0. The number of amides is 1. The third-order valence-electron chi connectivity index (χ3n) is 4.22. The molecule has 1 atom stereocenters. The minimum absolute atomic E-state index is 0.0124. The highest BCUT2D eigenvalue weighted by Crippen LogP contribution is 2.27. The van der Waals surface area contributed by atoms with Gasteiger partial charge in [-0.1, -0.05) is 33.1 Å². The van der Waals surface area contributed by atoms with Crippen LogP contribution in [-0.4, -0.2) is 49.2 Å². The van der Waals surface area contributed by atoms with Crippen LogP contribution >= 0.6 is 0 Å². The molecule has 1 N–H and O–H groups in total. The van der Waals surface area contributed by atoms with Crippen molar-refractivity contribution < 1.29 is 9.53 Å². The maximum Gasteiger partial charge on any atom is 0.240 e. The molecule has 0 unspecified atom stereocenters. The molecule has 1 heterocycles. The maximum atomic E-state index is 12.7. The van der Waals surface area contributed by atoms with Crippen molar-refractivity contribution in [2.24, 2.45) is 5.92 Å². The van der Waals surface area contributed by atoms with Gasteiger partial charge >= 0.3 is 0 Å². The van der Waals surface area contributed by atoms with E-state index in [0.717, 1.165) is 13.1 Å². The molecule has 2 fully saturated rings. The smallest absolute Gasteiger partial charge is 0.240 e. The van der Waals surface area contributed by atoms with Crippen LogP contribution in [0.2, 0.25) is 0 Å². The van der Waals surface area contributed by atoms with Crippen LogP contribution < -0.4 is 5.32 Å². The first-order chi connectivity index (χ1) is 9.18. The number of nitrogens with one attached hydrogen (secondary N) is 1. The zero-order chi connectivity index (χ0) is 13.7. The second kappa shape index (κ2) is 7.25. The third-order valence-corrected chi connectivity index (χ3v) is 4.22. The van der Waals surface area contributed by atoms with Crippen LogP contribution in [0.25, 0.3) is 0 Å². The van der Waals surface area contributed by atoms with Crippen molar-refractivity contribution in [2.45, 2.75) is 58.0 Å². The molecular formula is C15H28N2O2. The maximum absolute atomic E-state index is 12.7. The summed E-state index contributed by atoms with van der Waals surface area (Å²) in [5.74, 6) is 0.815. The van der Waals surface area contributed by atoms with Crippen LogP contribution in [0.1, 0.15) is 46.0 Å². The first-order valence-corrected chi connectivity index (χ1v) is 7.81. The molecule has 2 rings (SSSR count). The first-order valence-electron chi connectivity index (χ1n) is 7.81. The molecule has 0 aromatic heterocycles. The van der Waals surface area contributed by atoms with Crippen LogP contribution in [0.3, 0.4) is 0 Å². The molecule has 4 heteroatoms. The lowest BCUT2D eigenvalue weighted by Crippen LogP contribution is -2.55. The van der Waals surface area contributed by atoms with E-state index in [2.05, 4.69) is 19.2 Å². The summed E-state index contributed by atoms with van der Waals surface area (Å²) in [5.41, 5.74) is 0. The highest BCUT2D eigenvalue weighted by atomic mass is 16.5. The monoisotopic (exact) mass is 268 g/mol. The Kier molecular flexibility index (Phi) is 5.64. The molecule has 19 heavy (non-hydrogen) atoms. The fraction of sp³-hybridized carbons (Fsp3) is 0.933. The molecule has 110 valence electrons. The van der Waals surface area contributed by atoms with E-state index in [1.54, 1.807) is 0 Å². The van der Waals surface area contributed by atoms with Crippen molar-refractivity contribution in [3.63, 3.8) is 0 Å². The van der Waals surface area contributed by atoms with Crippen molar-refractivity contribution in [1.29, 1.82) is 0 Å². The van der Waals surface area contributed by atoms with E-state index < -0.39 is 0 Å². The standard InChI is InChI=1S/C15H28N2O2/c1-12(2)16-14(13-6-4-3-5-7-13)15(18)17-8-10-19-11-9-17/h12-14,16H,3-11H2,1-2H3/t14-/m0/s1. The van der Waals surface area contributed by atoms with Gasteiger partial charge in [-0.15, -0.1) is 0 Å². The van der Waals surface area contributed by atoms with E-state index >= 15 is 0 Å². The fourth-order valence-corrected chi connectivity index (χ4v) is 3.22. The fourth-order valence-electron chi connectivity index (χ4n) is 3.22. The van der Waals surface area contributed by atoms with Crippen LogP contribution in [0.5, 0.6) is 0 Å². The van der Waals surface area contributed by atoms with E-state index in [9.17, 15) is 4.79 Å². The van der Waals surface area contributed by atoms with Crippen LogP contribution in [0, 0.1) is 5.92 Å². The van der Waals surface area contributed by atoms with Gasteiger partial charge in [-0.05, 0) is 18.8 Å². The summed E-state index contributed by atoms with van der Waals surface area (Å²) in [6.45, 7) is 7.13. The van der Waals surface area contributed by atoms with Crippen molar-refractivity contribution in [1.82, 2.24) is 10.2 Å². The van der Waals surface area contributed by atoms with Gasteiger partial charge in [0.2, 0.25) is 5.91 Å². The predicted molar refractivity (Wildman–Crippen MR) is 76.0 cm³/mol. The lowest BCUT2D eigenvalue weighted by atomic mass is 9.83. The molecule has 0 bridgehead atoms. The predicted octanol–water partition coefficient (Wildman–Crippen LogP) is 1.79. The molecule has 2 aliphatic rings.